The second-order valence-electron chi connectivity index (χ2n) is 7.28. The molecular weight excluding hydrogens is 334 g/mol. The molecule has 0 amide bonds. The summed E-state index contributed by atoms with van der Waals surface area (Å²) in [6.07, 6.45) is 4.07. The van der Waals surface area contributed by atoms with Gasteiger partial charge in [-0.05, 0) is 23.1 Å². The fourth-order valence-corrected chi connectivity index (χ4v) is 3.64. The van der Waals surface area contributed by atoms with E-state index in [1.54, 1.807) is 6.20 Å². The summed E-state index contributed by atoms with van der Waals surface area (Å²) in [5, 5.41) is 15.9. The van der Waals surface area contributed by atoms with Crippen molar-refractivity contribution in [1.29, 1.82) is 0 Å². The van der Waals surface area contributed by atoms with E-state index in [2.05, 4.69) is 99.9 Å². The zero-order valence-electron chi connectivity index (χ0n) is 15.8. The van der Waals surface area contributed by atoms with Crippen LogP contribution in [0.25, 0.3) is 10.9 Å². The van der Waals surface area contributed by atoms with Crippen molar-refractivity contribution in [1.82, 2.24) is 25.3 Å². The third-order valence-corrected chi connectivity index (χ3v) is 5.00. The molecule has 2 aromatic heterocycles. The Morgan fingerprint density at radius 2 is 1.81 bits per heavy atom. The minimum absolute atomic E-state index is 0.167. The molecule has 1 unspecified atom stereocenters. The van der Waals surface area contributed by atoms with Gasteiger partial charge in [0.25, 0.3) is 0 Å². The molecule has 0 saturated heterocycles. The van der Waals surface area contributed by atoms with Gasteiger partial charge in [0.1, 0.15) is 0 Å². The third kappa shape index (κ3) is 3.78. The Hall–Kier alpha value is -2.92. The minimum Gasteiger partial charge on any atom is -0.343 e. The number of fused-ring (bicyclic) bond motifs is 1. The molecule has 0 saturated carbocycles. The maximum atomic E-state index is 4.27. The maximum absolute atomic E-state index is 4.27. The van der Waals surface area contributed by atoms with Gasteiger partial charge in [-0.15, -0.1) is 0 Å². The highest BCUT2D eigenvalue weighted by Crippen LogP contribution is 2.25. The van der Waals surface area contributed by atoms with Crippen molar-refractivity contribution >= 4 is 10.9 Å². The molecule has 138 valence electrons. The van der Waals surface area contributed by atoms with E-state index >= 15 is 0 Å². The molecular formula is C22H25N5. The predicted molar refractivity (Wildman–Crippen MR) is 108 cm³/mol. The molecule has 0 spiro atoms. The number of hydrogen-bond acceptors (Lipinski definition) is 3. The fourth-order valence-electron chi connectivity index (χ4n) is 3.64. The minimum atomic E-state index is 0.167. The molecule has 2 heterocycles. The molecule has 0 aliphatic rings. The summed E-state index contributed by atoms with van der Waals surface area (Å²) in [6.45, 7) is 6.06. The standard InChI is InChI=1S/C22H25N5/c1-16(2)22(20-13-24-26-25-20)23-12-18-15-27(14-17-8-4-3-5-9-17)21-11-7-6-10-19(18)21/h3-11,13,15-16,22-23H,12,14H2,1-2H3,(H,24,25,26). The second-order valence-corrected chi connectivity index (χ2v) is 7.28. The van der Waals surface area contributed by atoms with Crippen molar-refractivity contribution < 1.29 is 0 Å². The molecule has 0 aliphatic carbocycles. The van der Waals surface area contributed by atoms with Crippen molar-refractivity contribution in [2.45, 2.75) is 33.0 Å². The van der Waals surface area contributed by atoms with Crippen LogP contribution in [-0.4, -0.2) is 20.0 Å². The number of aromatic nitrogens is 4. The van der Waals surface area contributed by atoms with Crippen LogP contribution in [0.1, 0.15) is 36.7 Å². The summed E-state index contributed by atoms with van der Waals surface area (Å²) in [5.74, 6) is 0.424. The first-order chi connectivity index (χ1) is 13.2. The van der Waals surface area contributed by atoms with Crippen molar-refractivity contribution in [3.63, 3.8) is 0 Å². The molecule has 27 heavy (non-hydrogen) atoms. The molecule has 0 bridgehead atoms. The van der Waals surface area contributed by atoms with Crippen molar-refractivity contribution in [3.8, 4) is 0 Å². The van der Waals surface area contributed by atoms with Gasteiger partial charge in [0.05, 0.1) is 17.9 Å². The van der Waals surface area contributed by atoms with Gasteiger partial charge in [-0.3, -0.25) is 0 Å². The van der Waals surface area contributed by atoms with Crippen LogP contribution in [0, 0.1) is 5.92 Å². The Kier molecular flexibility index (Phi) is 5.03. The van der Waals surface area contributed by atoms with Crippen LogP contribution in [0.4, 0.5) is 0 Å². The van der Waals surface area contributed by atoms with E-state index in [4.69, 9.17) is 0 Å². The van der Waals surface area contributed by atoms with Gasteiger partial charge in [-0.2, -0.15) is 15.4 Å². The topological polar surface area (TPSA) is 58.5 Å². The Morgan fingerprint density at radius 1 is 1.04 bits per heavy atom. The van der Waals surface area contributed by atoms with Crippen LogP contribution in [0.15, 0.2) is 67.0 Å². The van der Waals surface area contributed by atoms with E-state index < -0.39 is 0 Å². The molecule has 5 nitrogen and oxygen atoms in total. The molecule has 1 atom stereocenters. The number of para-hydroxylation sites is 1. The Bertz CT molecular complexity index is 986. The third-order valence-electron chi connectivity index (χ3n) is 5.00. The lowest BCUT2D eigenvalue weighted by Gasteiger charge is -2.19. The number of rotatable bonds is 7. The molecule has 0 fully saturated rings. The highest BCUT2D eigenvalue weighted by atomic mass is 15.3. The molecule has 2 aromatic carbocycles. The zero-order chi connectivity index (χ0) is 18.6. The predicted octanol–water partition coefficient (Wildman–Crippen LogP) is 4.29. The fraction of sp³-hybridized carbons (Fsp3) is 0.273. The number of hydrogen-bond donors (Lipinski definition) is 2. The lowest BCUT2D eigenvalue weighted by Crippen LogP contribution is -2.25. The lowest BCUT2D eigenvalue weighted by molar-refractivity contribution is 0.402. The van der Waals surface area contributed by atoms with Gasteiger partial charge < -0.3 is 9.88 Å². The maximum Gasteiger partial charge on any atom is 0.0996 e. The first-order valence-electron chi connectivity index (χ1n) is 9.42. The van der Waals surface area contributed by atoms with Crippen LogP contribution in [0.5, 0.6) is 0 Å². The normalized spacial score (nSPS) is 12.7. The number of H-pyrrole nitrogens is 1. The highest BCUT2D eigenvalue weighted by molar-refractivity contribution is 5.84. The molecule has 4 rings (SSSR count). The first-order valence-corrected chi connectivity index (χ1v) is 9.42. The largest absolute Gasteiger partial charge is 0.343 e. The van der Waals surface area contributed by atoms with Gasteiger partial charge in [-0.1, -0.05) is 62.4 Å². The lowest BCUT2D eigenvalue weighted by atomic mass is 10.0. The van der Waals surface area contributed by atoms with Crippen molar-refractivity contribution in [2.75, 3.05) is 0 Å². The van der Waals surface area contributed by atoms with Crippen LogP contribution in [0.3, 0.4) is 0 Å². The van der Waals surface area contributed by atoms with Gasteiger partial charge in [-0.25, -0.2) is 0 Å². The summed E-state index contributed by atoms with van der Waals surface area (Å²) >= 11 is 0. The SMILES string of the molecule is CC(C)C(NCc1cn(Cc2ccccc2)c2ccccc12)c1cn[nH]n1. The van der Waals surface area contributed by atoms with Crippen LogP contribution in [-0.2, 0) is 13.1 Å². The van der Waals surface area contributed by atoms with Crippen LogP contribution in [0.2, 0.25) is 0 Å². The summed E-state index contributed by atoms with van der Waals surface area (Å²) in [5.41, 5.74) is 4.83. The molecule has 0 radical (unpaired) electrons. The van der Waals surface area contributed by atoms with Gasteiger partial charge >= 0.3 is 0 Å². The highest BCUT2D eigenvalue weighted by Gasteiger charge is 2.19. The van der Waals surface area contributed by atoms with Crippen LogP contribution < -0.4 is 5.32 Å². The van der Waals surface area contributed by atoms with Crippen molar-refractivity contribution in [3.05, 3.63) is 83.8 Å². The summed E-state index contributed by atoms with van der Waals surface area (Å²) < 4.78 is 2.34. The molecule has 5 heteroatoms. The zero-order valence-corrected chi connectivity index (χ0v) is 15.8. The Morgan fingerprint density at radius 3 is 2.56 bits per heavy atom. The monoisotopic (exact) mass is 359 g/mol. The molecule has 4 aromatic rings. The number of benzene rings is 2. The number of nitrogens with zero attached hydrogens (tertiary/aromatic N) is 3. The Labute approximate surface area is 159 Å². The number of aromatic amines is 1. The van der Waals surface area contributed by atoms with Crippen LogP contribution >= 0.6 is 0 Å². The van der Waals surface area contributed by atoms with E-state index in [0.29, 0.717) is 5.92 Å². The van der Waals surface area contributed by atoms with E-state index in [9.17, 15) is 0 Å². The van der Waals surface area contributed by atoms with Gasteiger partial charge in [0, 0.05) is 30.2 Å². The smallest absolute Gasteiger partial charge is 0.0996 e. The van der Waals surface area contributed by atoms with E-state index in [-0.39, 0.29) is 6.04 Å². The first kappa shape index (κ1) is 17.5. The van der Waals surface area contributed by atoms with E-state index in [1.807, 2.05) is 0 Å². The Balaban J connectivity index is 1.60. The summed E-state index contributed by atoms with van der Waals surface area (Å²) in [4.78, 5) is 0. The average molecular weight is 359 g/mol. The average Bonchev–Trinajstić information content (AvgIpc) is 3.32. The second kappa shape index (κ2) is 7.76. The van der Waals surface area contributed by atoms with E-state index in [1.165, 1.54) is 22.0 Å². The van der Waals surface area contributed by atoms with Gasteiger partial charge in [0.2, 0.25) is 0 Å². The van der Waals surface area contributed by atoms with Crippen molar-refractivity contribution in [2.24, 2.45) is 5.92 Å². The summed E-state index contributed by atoms with van der Waals surface area (Å²) in [7, 11) is 0. The van der Waals surface area contributed by atoms with E-state index in [0.717, 1.165) is 18.8 Å². The molecule has 0 aliphatic heterocycles. The summed E-state index contributed by atoms with van der Waals surface area (Å²) in [6, 6.07) is 19.4. The number of nitrogens with one attached hydrogen (secondary N) is 2. The van der Waals surface area contributed by atoms with Gasteiger partial charge in [0.15, 0.2) is 0 Å². The molecule has 2 N–H and O–H groups in total. The quantitative estimate of drug-likeness (QED) is 0.517.